The van der Waals surface area contributed by atoms with Crippen LogP contribution in [0.3, 0.4) is 0 Å². The molecule has 0 bridgehead atoms. The molecule has 200 valence electrons. The highest BCUT2D eigenvalue weighted by atomic mass is 19.4. The SMILES string of the molecule is [2H]C(C)(CCCn1ccc2cc(-c3ncc(C(F)(F)F)cn3)ccc2c1=O)Nc1cn[nH]c(=O)c1C(F)(F)F. The van der Waals surface area contributed by atoms with E-state index in [9.17, 15) is 35.9 Å². The van der Waals surface area contributed by atoms with Crippen LogP contribution in [0, 0.1) is 0 Å². The van der Waals surface area contributed by atoms with Crippen molar-refractivity contribution >= 4 is 16.5 Å². The van der Waals surface area contributed by atoms with E-state index < -0.39 is 40.7 Å². The van der Waals surface area contributed by atoms with Gasteiger partial charge in [0.15, 0.2) is 5.82 Å². The van der Waals surface area contributed by atoms with Crippen LogP contribution in [-0.4, -0.2) is 30.8 Å². The van der Waals surface area contributed by atoms with E-state index in [2.05, 4.69) is 20.4 Å². The van der Waals surface area contributed by atoms with Crippen molar-refractivity contribution in [1.29, 1.82) is 0 Å². The number of H-pyrrole nitrogens is 1. The van der Waals surface area contributed by atoms with Gasteiger partial charge in [0, 0.05) is 42.1 Å². The molecule has 0 radical (unpaired) electrons. The molecule has 0 amide bonds. The zero-order chi connectivity index (χ0) is 28.6. The first-order valence-electron chi connectivity index (χ1n) is 11.6. The van der Waals surface area contributed by atoms with Crippen molar-refractivity contribution in [2.24, 2.45) is 0 Å². The van der Waals surface area contributed by atoms with Crippen molar-refractivity contribution in [1.82, 2.24) is 24.7 Å². The first-order chi connectivity index (χ1) is 18.2. The Morgan fingerprint density at radius 3 is 2.42 bits per heavy atom. The Morgan fingerprint density at radius 1 is 1.05 bits per heavy atom. The molecule has 0 saturated carbocycles. The zero-order valence-electron chi connectivity index (χ0n) is 20.6. The molecule has 0 saturated heterocycles. The van der Waals surface area contributed by atoms with Gasteiger partial charge in [0.05, 0.1) is 18.8 Å². The topological polar surface area (TPSA) is 106 Å². The summed E-state index contributed by atoms with van der Waals surface area (Å²) in [7, 11) is 0. The van der Waals surface area contributed by atoms with Gasteiger partial charge in [-0.1, -0.05) is 6.07 Å². The van der Waals surface area contributed by atoms with Crippen molar-refractivity contribution in [2.75, 3.05) is 5.32 Å². The van der Waals surface area contributed by atoms with Gasteiger partial charge in [-0.25, -0.2) is 15.1 Å². The number of hydrogen-bond donors (Lipinski definition) is 2. The van der Waals surface area contributed by atoms with Crippen molar-refractivity contribution in [3.05, 3.63) is 80.9 Å². The maximum atomic E-state index is 13.3. The fraction of sp³-hybridized carbons (Fsp3) is 0.292. The molecule has 14 heteroatoms. The first kappa shape index (κ1) is 25.4. The average Bonchev–Trinajstić information content (AvgIpc) is 2.83. The van der Waals surface area contributed by atoms with Crippen LogP contribution in [0.5, 0.6) is 0 Å². The molecule has 0 aliphatic carbocycles. The number of nitrogens with one attached hydrogen (secondary N) is 2. The van der Waals surface area contributed by atoms with Gasteiger partial charge in [-0.15, -0.1) is 0 Å². The Kier molecular flexibility index (Phi) is 6.87. The van der Waals surface area contributed by atoms with Crippen LogP contribution < -0.4 is 16.4 Å². The van der Waals surface area contributed by atoms with Gasteiger partial charge in [-0.05, 0) is 43.4 Å². The molecule has 3 aromatic heterocycles. The minimum absolute atomic E-state index is 0.0196. The third-order valence-electron chi connectivity index (χ3n) is 5.65. The monoisotopic (exact) mass is 539 g/mol. The number of aromatic nitrogens is 5. The summed E-state index contributed by atoms with van der Waals surface area (Å²) in [5, 5.41) is 8.32. The zero-order valence-corrected chi connectivity index (χ0v) is 19.6. The number of halogens is 6. The lowest BCUT2D eigenvalue weighted by molar-refractivity contribution is -0.139. The maximum absolute atomic E-state index is 13.3. The summed E-state index contributed by atoms with van der Waals surface area (Å²) in [4.78, 5) is 32.1. The molecule has 1 unspecified atom stereocenters. The van der Waals surface area contributed by atoms with Crippen molar-refractivity contribution < 1.29 is 27.7 Å². The van der Waals surface area contributed by atoms with Gasteiger partial charge in [0.25, 0.3) is 11.1 Å². The van der Waals surface area contributed by atoms with Crippen molar-refractivity contribution in [2.45, 2.75) is 44.7 Å². The summed E-state index contributed by atoms with van der Waals surface area (Å²) in [6.07, 6.45) is -5.63. The first-order valence-corrected chi connectivity index (χ1v) is 11.1. The molecule has 4 aromatic rings. The Bertz CT molecular complexity index is 1610. The number of fused-ring (bicyclic) bond motifs is 1. The van der Waals surface area contributed by atoms with E-state index in [0.29, 0.717) is 28.7 Å². The summed E-state index contributed by atoms with van der Waals surface area (Å²) in [6.45, 7) is 1.48. The predicted molar refractivity (Wildman–Crippen MR) is 126 cm³/mol. The average molecular weight is 539 g/mol. The molecule has 2 N–H and O–H groups in total. The van der Waals surface area contributed by atoms with Crippen molar-refractivity contribution in [3.63, 3.8) is 0 Å². The molecule has 1 atom stereocenters. The van der Waals surface area contributed by atoms with Gasteiger partial charge in [0.1, 0.15) is 5.56 Å². The van der Waals surface area contributed by atoms with E-state index in [-0.39, 0.29) is 30.8 Å². The van der Waals surface area contributed by atoms with Crippen LogP contribution in [-0.2, 0) is 18.9 Å². The maximum Gasteiger partial charge on any atom is 0.423 e. The number of rotatable bonds is 7. The summed E-state index contributed by atoms with van der Waals surface area (Å²) in [5.41, 5.74) is -4.48. The Morgan fingerprint density at radius 2 is 1.76 bits per heavy atom. The van der Waals surface area contributed by atoms with E-state index in [1.165, 1.54) is 29.8 Å². The molecule has 8 nitrogen and oxygen atoms in total. The number of anilines is 1. The Hall–Kier alpha value is -4.23. The van der Waals surface area contributed by atoms with E-state index in [0.717, 1.165) is 6.20 Å². The Balaban J connectivity index is 1.47. The number of nitrogens with zero attached hydrogens (tertiary/aromatic N) is 4. The summed E-state index contributed by atoms with van der Waals surface area (Å²) >= 11 is 0. The van der Waals surface area contributed by atoms with Crippen LogP contribution in [0.15, 0.2) is 58.6 Å². The lowest BCUT2D eigenvalue weighted by Gasteiger charge is -2.18. The molecule has 1 aromatic carbocycles. The van der Waals surface area contributed by atoms with E-state index in [1.807, 2.05) is 0 Å². The van der Waals surface area contributed by atoms with E-state index in [4.69, 9.17) is 1.37 Å². The smallest absolute Gasteiger partial charge is 0.381 e. The lowest BCUT2D eigenvalue weighted by atomic mass is 10.1. The lowest BCUT2D eigenvalue weighted by Crippen LogP contribution is -2.27. The largest absolute Gasteiger partial charge is 0.423 e. The van der Waals surface area contributed by atoms with Crippen LogP contribution in [0.25, 0.3) is 22.2 Å². The molecule has 0 aliphatic rings. The molecule has 38 heavy (non-hydrogen) atoms. The minimum Gasteiger partial charge on any atom is -0.381 e. The van der Waals surface area contributed by atoms with Crippen LogP contribution in [0.2, 0.25) is 0 Å². The van der Waals surface area contributed by atoms with Crippen LogP contribution in [0.1, 0.15) is 32.3 Å². The molecular formula is C24H20F6N6O2. The fourth-order valence-corrected chi connectivity index (χ4v) is 3.81. The molecule has 0 aliphatic heterocycles. The number of aryl methyl sites for hydroxylation is 1. The number of pyridine rings is 1. The highest BCUT2D eigenvalue weighted by molar-refractivity contribution is 5.85. The number of aromatic amines is 1. The van der Waals surface area contributed by atoms with Crippen molar-refractivity contribution in [3.8, 4) is 11.4 Å². The third kappa shape index (κ3) is 5.84. The van der Waals surface area contributed by atoms with Gasteiger partial charge in [0.2, 0.25) is 0 Å². The Labute approximate surface area is 211 Å². The van der Waals surface area contributed by atoms with Gasteiger partial charge < -0.3 is 9.88 Å². The molecular weight excluding hydrogens is 518 g/mol. The molecule has 4 rings (SSSR count). The second-order valence-corrected chi connectivity index (χ2v) is 8.40. The number of hydrogen-bond acceptors (Lipinski definition) is 6. The van der Waals surface area contributed by atoms with Gasteiger partial charge in [-0.3, -0.25) is 9.59 Å². The molecule has 0 fully saturated rings. The third-order valence-corrected chi connectivity index (χ3v) is 5.65. The molecule has 0 spiro atoms. The predicted octanol–water partition coefficient (Wildman–Crippen LogP) is 4.86. The minimum atomic E-state index is -4.95. The normalized spacial score (nSPS) is 14.2. The van der Waals surface area contributed by atoms with E-state index in [1.54, 1.807) is 17.2 Å². The van der Waals surface area contributed by atoms with E-state index >= 15 is 0 Å². The van der Waals surface area contributed by atoms with Gasteiger partial charge >= 0.3 is 12.4 Å². The summed E-state index contributed by atoms with van der Waals surface area (Å²) < 4.78 is 87.8. The highest BCUT2D eigenvalue weighted by Crippen LogP contribution is 2.32. The quantitative estimate of drug-likeness (QED) is 0.325. The fourth-order valence-electron chi connectivity index (χ4n) is 3.81. The number of benzene rings is 1. The standard InChI is InChI=1S/C24H20F6N6O2/c1-13(34-18-12-33-35-21(37)19(18)24(28,29)30)3-2-7-36-8-6-14-9-15(4-5-17(14)22(36)38)20-31-10-16(11-32-20)23(25,26)27/h4-6,8-13H,2-3,7H2,1H3,(H2,34,35,37)/i13D. The summed E-state index contributed by atoms with van der Waals surface area (Å²) in [5.74, 6) is 0.0561. The highest BCUT2D eigenvalue weighted by Gasteiger charge is 2.37. The second-order valence-electron chi connectivity index (χ2n) is 8.40. The number of alkyl halides is 6. The summed E-state index contributed by atoms with van der Waals surface area (Å²) in [6, 6.07) is 4.59. The second kappa shape index (κ2) is 10.3. The van der Waals surface area contributed by atoms with Crippen LogP contribution >= 0.6 is 0 Å². The van der Waals surface area contributed by atoms with Gasteiger partial charge in [-0.2, -0.15) is 31.4 Å². The van der Waals surface area contributed by atoms with Crippen LogP contribution in [0.4, 0.5) is 32.0 Å². The molecule has 3 heterocycles.